The normalized spacial score (nSPS) is 10.9. The third-order valence-electron chi connectivity index (χ3n) is 3.89. The number of methoxy groups -OCH3 is 1. The molecule has 0 aliphatic heterocycles. The number of ether oxygens (including phenoxy) is 1. The average molecular weight is 357 g/mol. The van der Waals surface area contributed by atoms with Crippen LogP contribution >= 0.6 is 0 Å². The van der Waals surface area contributed by atoms with Gasteiger partial charge in [-0.25, -0.2) is 9.37 Å². The van der Waals surface area contributed by atoms with Crippen molar-refractivity contribution in [2.45, 2.75) is 6.54 Å². The Bertz CT molecular complexity index is 885. The van der Waals surface area contributed by atoms with E-state index in [9.17, 15) is 9.18 Å². The maximum atomic E-state index is 13.3. The second-order valence-electron chi connectivity index (χ2n) is 5.81. The van der Waals surface area contributed by atoms with E-state index in [1.54, 1.807) is 23.0 Å². The molecule has 3 rings (SSSR count). The first-order valence-electron chi connectivity index (χ1n) is 8.15. The number of nitrogens with one attached hydrogen (secondary N) is 1. The SMILES string of the molecule is COCC(=O)NCCn1cc(-c2ccc(F)cc2)c(-c2nccn2C)n1. The van der Waals surface area contributed by atoms with Gasteiger partial charge in [0.25, 0.3) is 0 Å². The molecule has 0 aliphatic rings. The van der Waals surface area contributed by atoms with E-state index in [0.29, 0.717) is 24.6 Å². The van der Waals surface area contributed by atoms with Crippen LogP contribution in [-0.2, 0) is 23.1 Å². The molecule has 3 aromatic rings. The molecule has 1 aromatic carbocycles. The minimum Gasteiger partial charge on any atom is -0.375 e. The number of rotatable bonds is 7. The second kappa shape index (κ2) is 7.92. The lowest BCUT2D eigenvalue weighted by atomic mass is 10.1. The Labute approximate surface area is 150 Å². The predicted molar refractivity (Wildman–Crippen MR) is 94.7 cm³/mol. The van der Waals surface area contributed by atoms with E-state index >= 15 is 0 Å². The predicted octanol–water partition coefficient (Wildman–Crippen LogP) is 1.85. The Hall–Kier alpha value is -3.00. The van der Waals surface area contributed by atoms with Gasteiger partial charge in [-0.05, 0) is 17.7 Å². The van der Waals surface area contributed by atoms with Crippen molar-refractivity contribution in [3.8, 4) is 22.6 Å². The molecule has 0 spiro atoms. The Morgan fingerprint density at radius 2 is 2.08 bits per heavy atom. The van der Waals surface area contributed by atoms with Gasteiger partial charge in [0.05, 0.1) is 6.54 Å². The standard InChI is InChI=1S/C18H20FN5O2/c1-23-9-7-21-18(23)17-15(13-3-5-14(19)6-4-13)11-24(22-17)10-8-20-16(25)12-26-2/h3-7,9,11H,8,10,12H2,1-2H3,(H,20,25). The van der Waals surface area contributed by atoms with Crippen molar-refractivity contribution < 1.29 is 13.9 Å². The van der Waals surface area contributed by atoms with Crippen molar-refractivity contribution >= 4 is 5.91 Å². The second-order valence-corrected chi connectivity index (χ2v) is 5.81. The molecule has 0 saturated heterocycles. The van der Waals surface area contributed by atoms with Crippen molar-refractivity contribution in [1.29, 1.82) is 0 Å². The third kappa shape index (κ3) is 3.97. The minimum absolute atomic E-state index is 0.0262. The molecule has 0 atom stereocenters. The van der Waals surface area contributed by atoms with Gasteiger partial charge < -0.3 is 14.6 Å². The number of amides is 1. The number of aromatic nitrogens is 4. The largest absolute Gasteiger partial charge is 0.375 e. The molecule has 0 aliphatic carbocycles. The summed E-state index contributed by atoms with van der Waals surface area (Å²) in [6, 6.07) is 6.26. The maximum absolute atomic E-state index is 13.3. The van der Waals surface area contributed by atoms with Crippen molar-refractivity contribution in [2.75, 3.05) is 20.3 Å². The molecule has 0 unspecified atom stereocenters. The lowest BCUT2D eigenvalue weighted by molar-refractivity contribution is -0.124. The molecule has 2 aromatic heterocycles. The zero-order chi connectivity index (χ0) is 18.5. The number of carbonyl (C=O) groups excluding carboxylic acids is 1. The van der Waals surface area contributed by atoms with E-state index in [-0.39, 0.29) is 18.3 Å². The molecule has 7 nitrogen and oxygen atoms in total. The minimum atomic E-state index is -0.291. The molecule has 1 N–H and O–H groups in total. The van der Waals surface area contributed by atoms with Gasteiger partial charge >= 0.3 is 0 Å². The summed E-state index contributed by atoms with van der Waals surface area (Å²) < 4.78 is 21.7. The van der Waals surface area contributed by atoms with Gasteiger partial charge in [0.15, 0.2) is 5.82 Å². The lowest BCUT2D eigenvalue weighted by Gasteiger charge is -2.04. The summed E-state index contributed by atoms with van der Waals surface area (Å²) >= 11 is 0. The van der Waals surface area contributed by atoms with Crippen LogP contribution in [0.5, 0.6) is 0 Å². The van der Waals surface area contributed by atoms with Crippen LogP contribution in [0.25, 0.3) is 22.6 Å². The average Bonchev–Trinajstić information content (AvgIpc) is 3.22. The summed E-state index contributed by atoms with van der Waals surface area (Å²) in [5.74, 6) is 0.245. The molecule has 1 amide bonds. The van der Waals surface area contributed by atoms with E-state index in [4.69, 9.17) is 4.74 Å². The fraction of sp³-hybridized carbons (Fsp3) is 0.278. The van der Waals surface area contributed by atoms with Gasteiger partial charge in [-0.15, -0.1) is 0 Å². The zero-order valence-corrected chi connectivity index (χ0v) is 14.6. The molecule has 0 fully saturated rings. The smallest absolute Gasteiger partial charge is 0.246 e. The fourth-order valence-electron chi connectivity index (χ4n) is 2.63. The maximum Gasteiger partial charge on any atom is 0.246 e. The first-order valence-corrected chi connectivity index (χ1v) is 8.15. The van der Waals surface area contributed by atoms with Crippen LogP contribution in [0.2, 0.25) is 0 Å². The van der Waals surface area contributed by atoms with E-state index in [1.165, 1.54) is 19.2 Å². The van der Waals surface area contributed by atoms with E-state index in [2.05, 4.69) is 15.4 Å². The highest BCUT2D eigenvalue weighted by Crippen LogP contribution is 2.30. The summed E-state index contributed by atoms with van der Waals surface area (Å²) in [5.41, 5.74) is 2.40. The first kappa shape index (κ1) is 17.8. The van der Waals surface area contributed by atoms with E-state index in [1.807, 2.05) is 24.0 Å². The molecule has 26 heavy (non-hydrogen) atoms. The monoisotopic (exact) mass is 357 g/mol. The van der Waals surface area contributed by atoms with Crippen LogP contribution in [0.3, 0.4) is 0 Å². The first-order chi connectivity index (χ1) is 12.6. The number of nitrogens with zero attached hydrogens (tertiary/aromatic N) is 4. The highest BCUT2D eigenvalue weighted by atomic mass is 19.1. The number of carbonyl (C=O) groups is 1. The summed E-state index contributed by atoms with van der Waals surface area (Å²) in [7, 11) is 3.36. The number of benzene rings is 1. The van der Waals surface area contributed by atoms with Crippen molar-refractivity contribution in [3.63, 3.8) is 0 Å². The molecule has 0 saturated carbocycles. The van der Waals surface area contributed by atoms with Crippen molar-refractivity contribution in [3.05, 3.63) is 48.7 Å². The molecule has 2 heterocycles. The van der Waals surface area contributed by atoms with Crippen LogP contribution in [0, 0.1) is 5.82 Å². The molecule has 136 valence electrons. The number of halogens is 1. The van der Waals surface area contributed by atoms with Gasteiger partial charge in [0, 0.05) is 44.9 Å². The quantitative estimate of drug-likeness (QED) is 0.700. The topological polar surface area (TPSA) is 74.0 Å². The molecule has 8 heteroatoms. The van der Waals surface area contributed by atoms with Crippen LogP contribution in [0.15, 0.2) is 42.9 Å². The highest BCUT2D eigenvalue weighted by Gasteiger charge is 2.16. The van der Waals surface area contributed by atoms with Crippen LogP contribution < -0.4 is 5.32 Å². The lowest BCUT2D eigenvalue weighted by Crippen LogP contribution is -2.30. The summed E-state index contributed by atoms with van der Waals surface area (Å²) in [4.78, 5) is 15.8. The summed E-state index contributed by atoms with van der Waals surface area (Å²) in [6.45, 7) is 0.944. The third-order valence-corrected chi connectivity index (χ3v) is 3.89. The zero-order valence-electron chi connectivity index (χ0n) is 14.6. The number of imidazole rings is 1. The summed E-state index contributed by atoms with van der Waals surface area (Å²) in [5, 5.41) is 7.37. The Balaban J connectivity index is 1.87. The Morgan fingerprint density at radius 1 is 1.31 bits per heavy atom. The van der Waals surface area contributed by atoms with Gasteiger partial charge in [0.1, 0.15) is 18.1 Å². The van der Waals surface area contributed by atoms with Crippen molar-refractivity contribution in [2.24, 2.45) is 7.05 Å². The van der Waals surface area contributed by atoms with Gasteiger partial charge in [0.2, 0.25) is 5.91 Å². The molecular weight excluding hydrogens is 337 g/mol. The van der Waals surface area contributed by atoms with Gasteiger partial charge in [-0.3, -0.25) is 9.48 Å². The Kier molecular flexibility index (Phi) is 5.43. The van der Waals surface area contributed by atoms with Crippen LogP contribution in [-0.4, -0.2) is 45.5 Å². The molecular formula is C18H20FN5O2. The van der Waals surface area contributed by atoms with E-state index < -0.39 is 0 Å². The van der Waals surface area contributed by atoms with Crippen LogP contribution in [0.4, 0.5) is 4.39 Å². The van der Waals surface area contributed by atoms with Crippen molar-refractivity contribution in [1.82, 2.24) is 24.6 Å². The highest BCUT2D eigenvalue weighted by molar-refractivity contribution is 5.78. The van der Waals surface area contributed by atoms with Gasteiger partial charge in [-0.2, -0.15) is 5.10 Å². The number of aryl methyl sites for hydroxylation is 1. The van der Waals surface area contributed by atoms with E-state index in [0.717, 1.165) is 11.1 Å². The molecule has 0 bridgehead atoms. The Morgan fingerprint density at radius 3 is 2.73 bits per heavy atom. The number of hydrogen-bond acceptors (Lipinski definition) is 4. The fourth-order valence-corrected chi connectivity index (χ4v) is 2.63. The van der Waals surface area contributed by atoms with Crippen LogP contribution in [0.1, 0.15) is 0 Å². The van der Waals surface area contributed by atoms with Gasteiger partial charge in [-0.1, -0.05) is 12.1 Å². The molecule has 0 radical (unpaired) electrons. The summed E-state index contributed by atoms with van der Waals surface area (Å²) in [6.07, 6.45) is 5.42. The number of hydrogen-bond donors (Lipinski definition) is 1.